The second-order valence-corrected chi connectivity index (χ2v) is 13.5. The van der Waals surface area contributed by atoms with Gasteiger partial charge in [0.2, 0.25) is 5.91 Å². The Labute approximate surface area is 286 Å². The first-order valence-corrected chi connectivity index (χ1v) is 17.1. The van der Waals surface area contributed by atoms with Crippen LogP contribution in [0.4, 0.5) is 0 Å². The number of rotatable bonds is 18. The van der Waals surface area contributed by atoms with Gasteiger partial charge < -0.3 is 29.0 Å². The normalized spacial score (nSPS) is 19.2. The topological polar surface area (TPSA) is 94.5 Å². The number of esters is 1. The molecule has 1 saturated heterocycles. The van der Waals surface area contributed by atoms with Crippen molar-refractivity contribution < 1.29 is 33.6 Å². The lowest BCUT2D eigenvalue weighted by Gasteiger charge is -2.43. The molecule has 4 rings (SSSR count). The fourth-order valence-electron chi connectivity index (χ4n) is 6.77. The average Bonchev–Trinajstić information content (AvgIpc) is 3.40. The van der Waals surface area contributed by atoms with Gasteiger partial charge in [0.25, 0.3) is 0 Å². The number of likely N-dealkylation sites (tertiary alicyclic amines) is 1. The Morgan fingerprint density at radius 3 is 1.67 bits per heavy atom. The van der Waals surface area contributed by atoms with Crippen LogP contribution in [0.5, 0.6) is 11.5 Å². The first-order chi connectivity index (χ1) is 23.1. The molecule has 8 nitrogen and oxygen atoms in total. The van der Waals surface area contributed by atoms with Crippen LogP contribution < -0.4 is 9.47 Å². The highest BCUT2D eigenvalue weighted by atomic mass is 16.5. The van der Waals surface area contributed by atoms with Gasteiger partial charge in [0, 0.05) is 36.8 Å². The SMILES string of the molecule is COC(=O)CCCCCCCCC(=O)N1C[C@](C)(COC(c2ccccc2)(c2ccc(OC)cc2)c2ccc(OC)cc2)[C@](C)(CO)C1. The van der Waals surface area contributed by atoms with Crippen LogP contribution >= 0.6 is 0 Å². The van der Waals surface area contributed by atoms with E-state index < -0.39 is 16.4 Å². The van der Waals surface area contributed by atoms with E-state index in [2.05, 4.69) is 26.0 Å². The number of methoxy groups -OCH3 is 3. The van der Waals surface area contributed by atoms with E-state index in [1.165, 1.54) is 7.11 Å². The molecular formula is C40H53NO7. The van der Waals surface area contributed by atoms with Crippen LogP contribution in [-0.2, 0) is 24.7 Å². The molecule has 0 bridgehead atoms. The summed E-state index contributed by atoms with van der Waals surface area (Å²) in [4.78, 5) is 26.7. The Hall–Kier alpha value is -3.88. The molecule has 2 atom stereocenters. The van der Waals surface area contributed by atoms with Crippen molar-refractivity contribution in [1.29, 1.82) is 0 Å². The lowest BCUT2D eigenvalue weighted by molar-refractivity contribution is -0.140. The van der Waals surface area contributed by atoms with E-state index in [-0.39, 0.29) is 18.5 Å². The summed E-state index contributed by atoms with van der Waals surface area (Å²) < 4.78 is 22.9. The largest absolute Gasteiger partial charge is 0.497 e. The average molecular weight is 660 g/mol. The van der Waals surface area contributed by atoms with E-state index in [0.717, 1.165) is 66.7 Å². The summed E-state index contributed by atoms with van der Waals surface area (Å²) >= 11 is 0. The van der Waals surface area contributed by atoms with Gasteiger partial charge in [0.05, 0.1) is 34.5 Å². The Morgan fingerprint density at radius 2 is 1.17 bits per heavy atom. The van der Waals surface area contributed by atoms with Crippen LogP contribution in [0.25, 0.3) is 0 Å². The number of hydrogen-bond acceptors (Lipinski definition) is 7. The first-order valence-electron chi connectivity index (χ1n) is 17.1. The van der Waals surface area contributed by atoms with Crippen molar-refractivity contribution in [1.82, 2.24) is 4.90 Å². The Kier molecular flexibility index (Phi) is 13.1. The number of hydrogen-bond donors (Lipinski definition) is 1. The minimum Gasteiger partial charge on any atom is -0.497 e. The predicted molar refractivity (Wildman–Crippen MR) is 187 cm³/mol. The van der Waals surface area contributed by atoms with Gasteiger partial charge in [0.1, 0.15) is 17.1 Å². The van der Waals surface area contributed by atoms with Gasteiger partial charge in [-0.05, 0) is 53.8 Å². The molecule has 8 heteroatoms. The highest BCUT2D eigenvalue weighted by Crippen LogP contribution is 2.49. The van der Waals surface area contributed by atoms with E-state index in [1.807, 2.05) is 71.6 Å². The van der Waals surface area contributed by atoms with Crippen LogP contribution in [0.1, 0.15) is 81.9 Å². The number of benzene rings is 3. The Balaban J connectivity index is 1.54. The van der Waals surface area contributed by atoms with Crippen molar-refractivity contribution in [3.63, 3.8) is 0 Å². The zero-order chi connectivity index (χ0) is 34.6. The third-order valence-corrected chi connectivity index (χ3v) is 10.3. The van der Waals surface area contributed by atoms with Crippen molar-refractivity contribution in [2.45, 2.75) is 70.8 Å². The summed E-state index contributed by atoms with van der Waals surface area (Å²) in [5, 5.41) is 10.8. The molecule has 0 radical (unpaired) electrons. The van der Waals surface area contributed by atoms with Crippen LogP contribution in [0.15, 0.2) is 78.9 Å². The molecule has 1 N–H and O–H groups in total. The second kappa shape index (κ2) is 17.0. The summed E-state index contributed by atoms with van der Waals surface area (Å²) in [6, 6.07) is 26.1. The standard InChI is InChI=1S/C40H53NO7/c1-38(29-42)27-41(36(43)17-13-8-6-7-9-14-18-37(44)47-5)28-39(38,2)30-48-40(31-15-11-10-12-16-31,32-19-23-34(45-3)24-20-32)33-21-25-35(46-4)26-22-33/h10-12,15-16,19-26,42H,6-9,13-14,17-18,27-30H2,1-5H3/t38-,39+/m0/s1. The van der Waals surface area contributed by atoms with E-state index in [9.17, 15) is 14.7 Å². The highest BCUT2D eigenvalue weighted by Gasteiger charge is 2.54. The molecule has 1 aliphatic rings. The number of unbranched alkanes of at least 4 members (excludes halogenated alkanes) is 5. The molecule has 0 aromatic heterocycles. The van der Waals surface area contributed by atoms with Crippen LogP contribution in [0.2, 0.25) is 0 Å². The maximum Gasteiger partial charge on any atom is 0.305 e. The van der Waals surface area contributed by atoms with E-state index in [4.69, 9.17) is 18.9 Å². The highest BCUT2D eigenvalue weighted by molar-refractivity contribution is 5.76. The third kappa shape index (κ3) is 8.39. The quantitative estimate of drug-likeness (QED) is 0.0881. The van der Waals surface area contributed by atoms with Gasteiger partial charge in [-0.3, -0.25) is 9.59 Å². The first kappa shape index (κ1) is 36.9. The van der Waals surface area contributed by atoms with E-state index >= 15 is 0 Å². The Bertz CT molecular complexity index is 1400. The second-order valence-electron chi connectivity index (χ2n) is 13.5. The van der Waals surface area contributed by atoms with E-state index in [1.54, 1.807) is 14.2 Å². The van der Waals surface area contributed by atoms with E-state index in [0.29, 0.717) is 32.5 Å². The van der Waals surface area contributed by atoms with Gasteiger partial charge >= 0.3 is 5.97 Å². The predicted octanol–water partition coefficient (Wildman–Crippen LogP) is 7.15. The lowest BCUT2D eigenvalue weighted by Crippen LogP contribution is -2.46. The van der Waals surface area contributed by atoms with Gasteiger partial charge in [-0.1, -0.05) is 94.1 Å². The molecule has 1 aliphatic heterocycles. The van der Waals surface area contributed by atoms with Gasteiger partial charge in [0.15, 0.2) is 0 Å². The zero-order valence-corrected chi connectivity index (χ0v) is 29.3. The number of nitrogens with zero attached hydrogens (tertiary/aromatic N) is 1. The molecule has 0 unspecified atom stereocenters. The third-order valence-electron chi connectivity index (χ3n) is 10.3. The van der Waals surface area contributed by atoms with Gasteiger partial charge in [-0.2, -0.15) is 0 Å². The zero-order valence-electron chi connectivity index (χ0n) is 29.3. The molecule has 0 saturated carbocycles. The van der Waals surface area contributed by atoms with Crippen molar-refractivity contribution in [2.75, 3.05) is 47.6 Å². The van der Waals surface area contributed by atoms with Crippen molar-refractivity contribution >= 4 is 11.9 Å². The molecular weight excluding hydrogens is 606 g/mol. The number of carbonyl (C=O) groups is 2. The summed E-state index contributed by atoms with van der Waals surface area (Å²) in [5.41, 5.74) is 0.745. The summed E-state index contributed by atoms with van der Waals surface area (Å²) in [6.45, 7) is 5.38. The minimum atomic E-state index is -0.993. The fraction of sp³-hybridized carbons (Fsp3) is 0.500. The molecule has 260 valence electrons. The van der Waals surface area contributed by atoms with Crippen LogP contribution in [0, 0.1) is 10.8 Å². The van der Waals surface area contributed by atoms with Gasteiger partial charge in [-0.15, -0.1) is 0 Å². The van der Waals surface area contributed by atoms with Crippen molar-refractivity contribution in [3.05, 3.63) is 95.6 Å². The van der Waals surface area contributed by atoms with Gasteiger partial charge in [-0.25, -0.2) is 0 Å². The number of carbonyl (C=O) groups excluding carboxylic acids is 2. The number of ether oxygens (including phenoxy) is 4. The van der Waals surface area contributed by atoms with Crippen molar-refractivity contribution in [2.24, 2.45) is 10.8 Å². The maximum atomic E-state index is 13.5. The summed E-state index contributed by atoms with van der Waals surface area (Å²) in [7, 11) is 4.72. The fourth-order valence-corrected chi connectivity index (χ4v) is 6.77. The number of aliphatic hydroxyl groups excluding tert-OH is 1. The molecule has 0 spiro atoms. The molecule has 0 aliphatic carbocycles. The Morgan fingerprint density at radius 1 is 0.688 bits per heavy atom. The number of amides is 1. The molecule has 3 aromatic carbocycles. The lowest BCUT2D eigenvalue weighted by atomic mass is 9.68. The molecule has 1 amide bonds. The molecule has 48 heavy (non-hydrogen) atoms. The minimum absolute atomic E-state index is 0.0639. The maximum absolute atomic E-state index is 13.5. The molecule has 1 heterocycles. The summed E-state index contributed by atoms with van der Waals surface area (Å²) in [5.74, 6) is 1.45. The summed E-state index contributed by atoms with van der Waals surface area (Å²) in [6.07, 6.45) is 6.63. The number of aliphatic hydroxyl groups is 1. The monoisotopic (exact) mass is 659 g/mol. The van der Waals surface area contributed by atoms with Crippen LogP contribution in [-0.4, -0.2) is 69.5 Å². The van der Waals surface area contributed by atoms with Crippen LogP contribution in [0.3, 0.4) is 0 Å². The van der Waals surface area contributed by atoms with Crippen molar-refractivity contribution in [3.8, 4) is 11.5 Å². The molecule has 3 aromatic rings. The molecule has 1 fully saturated rings. The smallest absolute Gasteiger partial charge is 0.305 e.